The van der Waals surface area contributed by atoms with Gasteiger partial charge in [0.05, 0.1) is 11.6 Å². The molecule has 1 aromatic carbocycles. The number of hydrogen-bond donors (Lipinski definition) is 1. The van der Waals surface area contributed by atoms with Gasteiger partial charge in [-0.05, 0) is 30.7 Å². The van der Waals surface area contributed by atoms with Gasteiger partial charge in [0.1, 0.15) is 5.82 Å². The normalized spacial score (nSPS) is 14.0. The summed E-state index contributed by atoms with van der Waals surface area (Å²) in [7, 11) is -0.881. The van der Waals surface area contributed by atoms with E-state index in [0.29, 0.717) is 24.2 Å². The molecule has 1 aromatic rings. The van der Waals surface area contributed by atoms with Crippen LogP contribution in [0.3, 0.4) is 0 Å². The summed E-state index contributed by atoms with van der Waals surface area (Å²) in [5, 5.41) is 12.0. The van der Waals surface area contributed by atoms with Gasteiger partial charge in [0.25, 0.3) is 0 Å². The Hall–Kier alpha value is -1.25. The first-order valence-electron chi connectivity index (χ1n) is 5.26. The molecule has 2 atom stereocenters. The topological polar surface area (TPSA) is 52.9 Å². The van der Waals surface area contributed by atoms with E-state index < -0.39 is 10.8 Å². The van der Waals surface area contributed by atoms with Crippen molar-refractivity contribution >= 4 is 10.8 Å². The van der Waals surface area contributed by atoms with Crippen LogP contribution in [0.5, 0.6) is 0 Å². The molecule has 0 radical (unpaired) electrons. The molecule has 0 saturated carbocycles. The molecule has 5 heteroatoms. The van der Waals surface area contributed by atoms with Gasteiger partial charge in [0.2, 0.25) is 0 Å². The molecule has 0 aromatic heterocycles. The highest BCUT2D eigenvalue weighted by Crippen LogP contribution is 2.10. The minimum Gasteiger partial charge on any atom is -0.311 e. The van der Waals surface area contributed by atoms with E-state index in [2.05, 4.69) is 5.32 Å². The monoisotopic (exact) mass is 254 g/mol. The Morgan fingerprint density at radius 1 is 1.59 bits per heavy atom. The van der Waals surface area contributed by atoms with E-state index >= 15 is 0 Å². The Bertz CT molecular complexity index is 456. The first kappa shape index (κ1) is 13.8. The van der Waals surface area contributed by atoms with Crippen LogP contribution in [0.2, 0.25) is 0 Å². The van der Waals surface area contributed by atoms with Gasteiger partial charge in [-0.15, -0.1) is 0 Å². The molecule has 0 aliphatic heterocycles. The molecule has 0 amide bonds. The summed E-state index contributed by atoms with van der Waals surface area (Å²) in [6, 6.07) is 6.10. The van der Waals surface area contributed by atoms with Crippen molar-refractivity contribution in [3.63, 3.8) is 0 Å². The van der Waals surface area contributed by atoms with Crippen LogP contribution in [-0.4, -0.2) is 22.3 Å². The predicted octanol–water partition coefficient (Wildman–Crippen LogP) is 1.55. The quantitative estimate of drug-likeness (QED) is 0.867. The number of rotatable bonds is 5. The molecule has 1 N–H and O–H groups in total. The van der Waals surface area contributed by atoms with Crippen molar-refractivity contribution in [1.82, 2.24) is 5.32 Å². The fraction of sp³-hybridized carbons (Fsp3) is 0.417. The SMILES string of the molecule is CC(CNCc1cc(F)ccc1C#N)S(C)=O. The summed E-state index contributed by atoms with van der Waals surface area (Å²) in [4.78, 5) is 0. The van der Waals surface area contributed by atoms with E-state index in [1.54, 1.807) is 6.26 Å². The number of nitrogens with one attached hydrogen (secondary N) is 1. The smallest absolute Gasteiger partial charge is 0.123 e. The van der Waals surface area contributed by atoms with E-state index in [9.17, 15) is 8.60 Å². The fourth-order valence-corrected chi connectivity index (χ4v) is 1.70. The minimum absolute atomic E-state index is 0.0362. The Morgan fingerprint density at radius 3 is 2.88 bits per heavy atom. The third-order valence-electron chi connectivity index (χ3n) is 2.50. The van der Waals surface area contributed by atoms with Crippen LogP contribution in [0.4, 0.5) is 4.39 Å². The summed E-state index contributed by atoms with van der Waals surface area (Å²) in [6.07, 6.45) is 1.65. The molecule has 2 unspecified atom stereocenters. The van der Waals surface area contributed by atoms with Crippen molar-refractivity contribution in [1.29, 1.82) is 5.26 Å². The van der Waals surface area contributed by atoms with Gasteiger partial charge in [0, 0.05) is 35.4 Å². The Kier molecular flexibility index (Phi) is 5.26. The summed E-state index contributed by atoms with van der Waals surface area (Å²) in [5.74, 6) is -0.354. The first-order chi connectivity index (χ1) is 8.04. The highest BCUT2D eigenvalue weighted by atomic mass is 32.2. The average Bonchev–Trinajstić information content (AvgIpc) is 2.29. The molecular formula is C12H15FN2OS. The third kappa shape index (κ3) is 4.25. The molecule has 0 aliphatic rings. The molecule has 17 heavy (non-hydrogen) atoms. The van der Waals surface area contributed by atoms with Gasteiger partial charge in [-0.1, -0.05) is 0 Å². The highest BCUT2D eigenvalue weighted by molar-refractivity contribution is 7.84. The molecule has 0 fully saturated rings. The van der Waals surface area contributed by atoms with E-state index in [1.807, 2.05) is 13.0 Å². The zero-order chi connectivity index (χ0) is 12.8. The van der Waals surface area contributed by atoms with Gasteiger partial charge in [-0.2, -0.15) is 5.26 Å². The lowest BCUT2D eigenvalue weighted by atomic mass is 10.1. The van der Waals surface area contributed by atoms with Crippen LogP contribution < -0.4 is 5.32 Å². The second-order valence-electron chi connectivity index (χ2n) is 3.85. The molecule has 0 aliphatic carbocycles. The van der Waals surface area contributed by atoms with Crippen molar-refractivity contribution in [3.05, 3.63) is 35.1 Å². The number of hydrogen-bond acceptors (Lipinski definition) is 3. The summed E-state index contributed by atoms with van der Waals surface area (Å²) in [5.41, 5.74) is 1.09. The van der Waals surface area contributed by atoms with Crippen LogP contribution in [0.1, 0.15) is 18.1 Å². The van der Waals surface area contributed by atoms with Crippen molar-refractivity contribution in [2.24, 2.45) is 0 Å². The molecule has 92 valence electrons. The maximum Gasteiger partial charge on any atom is 0.123 e. The molecule has 0 spiro atoms. The average molecular weight is 254 g/mol. The standard InChI is InChI=1S/C12H15FN2OS/c1-9(17(2)16)7-15-8-11-5-12(13)4-3-10(11)6-14/h3-5,9,15H,7-8H2,1-2H3. The van der Waals surface area contributed by atoms with E-state index in [1.165, 1.54) is 18.2 Å². The molecule has 0 bridgehead atoms. The molecular weight excluding hydrogens is 239 g/mol. The minimum atomic E-state index is -0.881. The summed E-state index contributed by atoms with van der Waals surface area (Å²) >= 11 is 0. The zero-order valence-electron chi connectivity index (χ0n) is 9.87. The van der Waals surface area contributed by atoms with Crippen molar-refractivity contribution in [2.45, 2.75) is 18.7 Å². The maximum atomic E-state index is 13.0. The first-order valence-corrected chi connectivity index (χ1v) is 6.88. The lowest BCUT2D eigenvalue weighted by Gasteiger charge is -2.10. The number of benzene rings is 1. The van der Waals surface area contributed by atoms with Gasteiger partial charge in [-0.3, -0.25) is 4.21 Å². The van der Waals surface area contributed by atoms with Crippen molar-refractivity contribution in [3.8, 4) is 6.07 Å². The maximum absolute atomic E-state index is 13.0. The molecule has 0 saturated heterocycles. The van der Waals surface area contributed by atoms with Crippen LogP contribution in [-0.2, 0) is 17.3 Å². The largest absolute Gasteiger partial charge is 0.311 e. The molecule has 1 rings (SSSR count). The van der Waals surface area contributed by atoms with Crippen LogP contribution >= 0.6 is 0 Å². The molecule has 0 heterocycles. The van der Waals surface area contributed by atoms with E-state index in [4.69, 9.17) is 5.26 Å². The van der Waals surface area contributed by atoms with Crippen LogP contribution in [0.15, 0.2) is 18.2 Å². The van der Waals surface area contributed by atoms with E-state index in [0.717, 1.165) is 0 Å². The second kappa shape index (κ2) is 6.48. The van der Waals surface area contributed by atoms with Gasteiger partial charge in [-0.25, -0.2) is 4.39 Å². The lowest BCUT2D eigenvalue weighted by molar-refractivity contribution is 0.617. The number of halogens is 1. The van der Waals surface area contributed by atoms with Crippen molar-refractivity contribution in [2.75, 3.05) is 12.8 Å². The number of nitrogens with zero attached hydrogens (tertiary/aromatic N) is 1. The van der Waals surface area contributed by atoms with Gasteiger partial charge < -0.3 is 5.32 Å². The van der Waals surface area contributed by atoms with Crippen LogP contribution in [0, 0.1) is 17.1 Å². The van der Waals surface area contributed by atoms with E-state index in [-0.39, 0.29) is 11.1 Å². The summed E-state index contributed by atoms with van der Waals surface area (Å²) < 4.78 is 24.1. The summed E-state index contributed by atoms with van der Waals surface area (Å²) in [6.45, 7) is 2.85. The lowest BCUT2D eigenvalue weighted by Crippen LogP contribution is -2.27. The van der Waals surface area contributed by atoms with Crippen LogP contribution in [0.25, 0.3) is 0 Å². The van der Waals surface area contributed by atoms with Crippen molar-refractivity contribution < 1.29 is 8.60 Å². The fourth-order valence-electron chi connectivity index (χ4n) is 1.35. The third-order valence-corrected chi connectivity index (χ3v) is 3.80. The second-order valence-corrected chi connectivity index (χ2v) is 5.66. The number of nitriles is 1. The Balaban J connectivity index is 2.60. The van der Waals surface area contributed by atoms with Gasteiger partial charge in [0.15, 0.2) is 0 Å². The Labute approximate surface area is 103 Å². The molecule has 3 nitrogen and oxygen atoms in total. The zero-order valence-corrected chi connectivity index (χ0v) is 10.7. The van der Waals surface area contributed by atoms with Gasteiger partial charge >= 0.3 is 0 Å². The Morgan fingerprint density at radius 2 is 2.29 bits per heavy atom. The predicted molar refractivity (Wildman–Crippen MR) is 66.4 cm³/mol. The highest BCUT2D eigenvalue weighted by Gasteiger charge is 2.07.